The summed E-state index contributed by atoms with van der Waals surface area (Å²) in [5.74, 6) is 0.938. The van der Waals surface area contributed by atoms with E-state index in [9.17, 15) is 4.79 Å². The Morgan fingerprint density at radius 2 is 2.00 bits per heavy atom. The number of hydrogen-bond acceptors (Lipinski definition) is 4. The normalized spacial score (nSPS) is 16.5. The van der Waals surface area contributed by atoms with Crippen LogP contribution < -0.4 is 15.8 Å². The fraction of sp³-hybridized carbons (Fsp3) is 0.133. The van der Waals surface area contributed by atoms with Crippen molar-refractivity contribution in [2.24, 2.45) is 5.73 Å². The van der Waals surface area contributed by atoms with Crippen molar-refractivity contribution >= 4 is 35.0 Å². The van der Waals surface area contributed by atoms with Crippen LogP contribution in [0.4, 0.5) is 5.69 Å². The SMILES string of the molecule is CSc1ccc(Oc2cc3c(cc2Cl)C(N)C(=O)N3)cc1. The van der Waals surface area contributed by atoms with Gasteiger partial charge >= 0.3 is 0 Å². The predicted molar refractivity (Wildman–Crippen MR) is 85.3 cm³/mol. The van der Waals surface area contributed by atoms with Gasteiger partial charge in [-0.25, -0.2) is 0 Å². The summed E-state index contributed by atoms with van der Waals surface area (Å²) < 4.78 is 5.77. The first-order valence-corrected chi connectivity index (χ1v) is 7.90. The maximum Gasteiger partial charge on any atom is 0.245 e. The van der Waals surface area contributed by atoms with Crippen molar-refractivity contribution in [3.63, 3.8) is 0 Å². The molecule has 0 aromatic heterocycles. The summed E-state index contributed by atoms with van der Waals surface area (Å²) in [6, 6.07) is 10.4. The van der Waals surface area contributed by atoms with E-state index in [0.717, 1.165) is 4.90 Å². The number of fused-ring (bicyclic) bond motifs is 1. The lowest BCUT2D eigenvalue weighted by atomic mass is 10.1. The van der Waals surface area contributed by atoms with E-state index in [-0.39, 0.29) is 5.91 Å². The molecule has 0 fully saturated rings. The average Bonchev–Trinajstić information content (AvgIpc) is 2.75. The Morgan fingerprint density at radius 3 is 2.67 bits per heavy atom. The van der Waals surface area contributed by atoms with Gasteiger partial charge < -0.3 is 15.8 Å². The summed E-state index contributed by atoms with van der Waals surface area (Å²) in [6.07, 6.45) is 2.01. The van der Waals surface area contributed by atoms with Crippen LogP contribution in [0.1, 0.15) is 11.6 Å². The topological polar surface area (TPSA) is 64.3 Å². The zero-order valence-corrected chi connectivity index (χ0v) is 12.8. The van der Waals surface area contributed by atoms with Crippen LogP contribution in [0.25, 0.3) is 0 Å². The maximum atomic E-state index is 11.6. The highest BCUT2D eigenvalue weighted by Gasteiger charge is 2.28. The highest BCUT2D eigenvalue weighted by Crippen LogP contribution is 2.39. The molecule has 1 heterocycles. The number of thioether (sulfide) groups is 1. The van der Waals surface area contributed by atoms with Crippen molar-refractivity contribution in [1.82, 2.24) is 0 Å². The molecule has 4 nitrogen and oxygen atoms in total. The number of hydrogen-bond donors (Lipinski definition) is 2. The standard InChI is InChI=1S/C15H13ClN2O2S/c1-21-9-4-2-8(3-5-9)20-13-7-12-10(6-11(13)16)14(17)15(19)18-12/h2-7,14H,17H2,1H3,(H,18,19). The minimum absolute atomic E-state index is 0.234. The second kappa shape index (κ2) is 5.60. The second-order valence-electron chi connectivity index (χ2n) is 4.61. The Labute approximate surface area is 131 Å². The molecule has 1 aliphatic rings. The highest BCUT2D eigenvalue weighted by atomic mass is 35.5. The molecular weight excluding hydrogens is 308 g/mol. The molecule has 21 heavy (non-hydrogen) atoms. The summed E-state index contributed by atoms with van der Waals surface area (Å²) in [5, 5.41) is 3.14. The number of rotatable bonds is 3. The predicted octanol–water partition coefficient (Wildman–Crippen LogP) is 3.81. The van der Waals surface area contributed by atoms with E-state index in [1.54, 1.807) is 23.9 Å². The van der Waals surface area contributed by atoms with Crippen LogP contribution in [0.2, 0.25) is 5.02 Å². The Balaban J connectivity index is 1.89. The van der Waals surface area contributed by atoms with Gasteiger partial charge in [-0.15, -0.1) is 11.8 Å². The van der Waals surface area contributed by atoms with Gasteiger partial charge in [-0.2, -0.15) is 0 Å². The van der Waals surface area contributed by atoms with Crippen molar-refractivity contribution in [1.29, 1.82) is 0 Å². The van der Waals surface area contributed by atoms with Gasteiger partial charge in [0.1, 0.15) is 17.5 Å². The van der Waals surface area contributed by atoms with E-state index in [4.69, 9.17) is 22.1 Å². The van der Waals surface area contributed by atoms with Gasteiger partial charge in [0.15, 0.2) is 0 Å². The molecule has 1 atom stereocenters. The van der Waals surface area contributed by atoms with Gasteiger partial charge in [-0.1, -0.05) is 11.6 Å². The number of benzene rings is 2. The van der Waals surface area contributed by atoms with E-state index in [1.807, 2.05) is 30.5 Å². The molecule has 2 aromatic carbocycles. The summed E-state index contributed by atoms with van der Waals surface area (Å²) in [5.41, 5.74) is 7.12. The van der Waals surface area contributed by atoms with E-state index in [1.165, 1.54) is 0 Å². The third-order valence-electron chi connectivity index (χ3n) is 3.27. The number of halogens is 1. The molecule has 0 saturated heterocycles. The lowest BCUT2D eigenvalue weighted by molar-refractivity contribution is -0.116. The quantitative estimate of drug-likeness (QED) is 0.844. The molecule has 0 spiro atoms. The number of carbonyl (C=O) groups excluding carboxylic acids is 1. The molecule has 3 rings (SSSR count). The van der Waals surface area contributed by atoms with E-state index in [0.29, 0.717) is 27.8 Å². The van der Waals surface area contributed by atoms with Crippen molar-refractivity contribution in [2.45, 2.75) is 10.9 Å². The molecule has 1 amide bonds. The number of ether oxygens (including phenoxy) is 1. The van der Waals surface area contributed by atoms with Crippen molar-refractivity contribution in [2.75, 3.05) is 11.6 Å². The van der Waals surface area contributed by atoms with Gasteiger partial charge in [0.2, 0.25) is 5.91 Å². The van der Waals surface area contributed by atoms with Crippen LogP contribution in [-0.4, -0.2) is 12.2 Å². The lowest BCUT2D eigenvalue weighted by Gasteiger charge is -2.10. The van der Waals surface area contributed by atoms with Crippen LogP contribution in [0.15, 0.2) is 41.3 Å². The van der Waals surface area contributed by atoms with E-state index < -0.39 is 6.04 Å². The highest BCUT2D eigenvalue weighted by molar-refractivity contribution is 7.98. The van der Waals surface area contributed by atoms with Crippen molar-refractivity contribution < 1.29 is 9.53 Å². The Morgan fingerprint density at radius 1 is 1.29 bits per heavy atom. The number of amides is 1. The fourth-order valence-corrected chi connectivity index (χ4v) is 2.75. The van der Waals surface area contributed by atoms with Gasteiger partial charge in [-0.05, 0) is 36.6 Å². The number of anilines is 1. The van der Waals surface area contributed by atoms with Crippen LogP contribution in [0.5, 0.6) is 11.5 Å². The third-order valence-corrected chi connectivity index (χ3v) is 4.31. The molecule has 0 aliphatic carbocycles. The van der Waals surface area contributed by atoms with Crippen molar-refractivity contribution in [3.05, 3.63) is 47.0 Å². The third kappa shape index (κ3) is 2.72. The second-order valence-corrected chi connectivity index (χ2v) is 5.90. The van der Waals surface area contributed by atoms with Gasteiger partial charge in [0, 0.05) is 22.2 Å². The first kappa shape index (κ1) is 14.3. The zero-order valence-electron chi connectivity index (χ0n) is 11.2. The Bertz CT molecular complexity index is 704. The molecule has 1 aliphatic heterocycles. The van der Waals surface area contributed by atoms with Gasteiger partial charge in [0.25, 0.3) is 0 Å². The number of carbonyl (C=O) groups is 1. The zero-order chi connectivity index (χ0) is 15.0. The van der Waals surface area contributed by atoms with Crippen LogP contribution >= 0.6 is 23.4 Å². The molecule has 0 bridgehead atoms. The number of nitrogens with two attached hydrogens (primary N) is 1. The first-order valence-electron chi connectivity index (χ1n) is 6.30. The molecule has 1 unspecified atom stereocenters. The summed E-state index contributed by atoms with van der Waals surface area (Å²) in [7, 11) is 0. The van der Waals surface area contributed by atoms with Crippen LogP contribution in [0, 0.1) is 0 Å². The molecule has 0 saturated carbocycles. The molecule has 2 aromatic rings. The molecule has 108 valence electrons. The van der Waals surface area contributed by atoms with Gasteiger partial charge in [0.05, 0.1) is 5.02 Å². The lowest BCUT2D eigenvalue weighted by Crippen LogP contribution is -2.19. The smallest absolute Gasteiger partial charge is 0.245 e. The van der Waals surface area contributed by atoms with E-state index in [2.05, 4.69) is 5.32 Å². The first-order chi connectivity index (χ1) is 10.1. The fourth-order valence-electron chi connectivity index (χ4n) is 2.14. The average molecular weight is 321 g/mol. The molecule has 6 heteroatoms. The molecule has 0 radical (unpaired) electrons. The Kier molecular flexibility index (Phi) is 3.80. The van der Waals surface area contributed by atoms with Crippen molar-refractivity contribution in [3.8, 4) is 11.5 Å². The summed E-state index contributed by atoms with van der Waals surface area (Å²) in [4.78, 5) is 12.7. The van der Waals surface area contributed by atoms with E-state index >= 15 is 0 Å². The minimum atomic E-state index is -0.674. The van der Waals surface area contributed by atoms with Crippen LogP contribution in [-0.2, 0) is 4.79 Å². The van der Waals surface area contributed by atoms with Crippen LogP contribution in [0.3, 0.4) is 0 Å². The Hall–Kier alpha value is -1.69. The summed E-state index contributed by atoms with van der Waals surface area (Å²) in [6.45, 7) is 0. The largest absolute Gasteiger partial charge is 0.456 e. The summed E-state index contributed by atoms with van der Waals surface area (Å²) >= 11 is 7.87. The monoisotopic (exact) mass is 320 g/mol. The maximum absolute atomic E-state index is 11.6. The van der Waals surface area contributed by atoms with Gasteiger partial charge in [-0.3, -0.25) is 4.79 Å². The molecular formula is C15H13ClN2O2S. The molecule has 3 N–H and O–H groups in total. The number of nitrogens with one attached hydrogen (secondary N) is 1. The minimum Gasteiger partial charge on any atom is -0.456 e.